The standard InChI is InChI=1S/C9H10O4/c1-6-3-4-7(13-9(10)11)8(5-6)12-2/h3-5H,1-2H3,(H,10,11). The summed E-state index contributed by atoms with van der Waals surface area (Å²) in [4.78, 5) is 10.2. The van der Waals surface area contributed by atoms with Gasteiger partial charge in [0, 0.05) is 0 Å². The first-order valence-electron chi connectivity index (χ1n) is 3.69. The van der Waals surface area contributed by atoms with Crippen LogP contribution < -0.4 is 9.47 Å². The summed E-state index contributed by atoms with van der Waals surface area (Å²) in [6, 6.07) is 5.02. The second kappa shape index (κ2) is 3.80. The van der Waals surface area contributed by atoms with Gasteiger partial charge in [0.2, 0.25) is 0 Å². The maximum absolute atomic E-state index is 10.2. The molecule has 0 aromatic heterocycles. The van der Waals surface area contributed by atoms with Gasteiger partial charge in [0.25, 0.3) is 0 Å². The molecule has 1 aromatic rings. The van der Waals surface area contributed by atoms with Crippen molar-refractivity contribution < 1.29 is 19.4 Å². The molecule has 0 heterocycles. The Morgan fingerprint density at radius 2 is 2.08 bits per heavy atom. The Kier molecular flexibility index (Phi) is 2.74. The van der Waals surface area contributed by atoms with Crippen LogP contribution in [0.15, 0.2) is 18.2 Å². The van der Waals surface area contributed by atoms with Gasteiger partial charge >= 0.3 is 6.16 Å². The molecule has 0 atom stereocenters. The average Bonchev–Trinajstić information content (AvgIpc) is 2.07. The van der Waals surface area contributed by atoms with Crippen molar-refractivity contribution in [3.05, 3.63) is 23.8 Å². The van der Waals surface area contributed by atoms with Gasteiger partial charge in [0.05, 0.1) is 7.11 Å². The van der Waals surface area contributed by atoms with Crippen LogP contribution in [0.5, 0.6) is 11.5 Å². The molecule has 0 bridgehead atoms. The Morgan fingerprint density at radius 1 is 1.38 bits per heavy atom. The highest BCUT2D eigenvalue weighted by Crippen LogP contribution is 2.27. The quantitative estimate of drug-likeness (QED) is 0.561. The highest BCUT2D eigenvalue weighted by atomic mass is 16.7. The van der Waals surface area contributed by atoms with Crippen LogP contribution in [0.2, 0.25) is 0 Å². The van der Waals surface area contributed by atoms with Crippen LogP contribution >= 0.6 is 0 Å². The first-order chi connectivity index (χ1) is 6.13. The fourth-order valence-corrected chi connectivity index (χ4v) is 0.953. The van der Waals surface area contributed by atoms with Gasteiger partial charge in [0.15, 0.2) is 11.5 Å². The van der Waals surface area contributed by atoms with E-state index in [1.165, 1.54) is 7.11 Å². The first-order valence-corrected chi connectivity index (χ1v) is 3.69. The van der Waals surface area contributed by atoms with Crippen LogP contribution in [0, 0.1) is 6.92 Å². The summed E-state index contributed by atoms with van der Waals surface area (Å²) in [5.74, 6) is 0.628. The molecule has 0 radical (unpaired) electrons. The predicted molar refractivity (Wildman–Crippen MR) is 46.4 cm³/mol. The molecule has 0 spiro atoms. The van der Waals surface area contributed by atoms with Crippen molar-refractivity contribution in [2.75, 3.05) is 7.11 Å². The van der Waals surface area contributed by atoms with Crippen LogP contribution in [-0.4, -0.2) is 18.4 Å². The lowest BCUT2D eigenvalue weighted by Gasteiger charge is -2.06. The minimum absolute atomic E-state index is 0.209. The predicted octanol–water partition coefficient (Wildman–Crippen LogP) is 2.06. The third-order valence-corrected chi connectivity index (χ3v) is 1.52. The normalized spacial score (nSPS) is 9.38. The monoisotopic (exact) mass is 182 g/mol. The van der Waals surface area contributed by atoms with E-state index in [2.05, 4.69) is 4.74 Å². The minimum Gasteiger partial charge on any atom is -0.493 e. The fourth-order valence-electron chi connectivity index (χ4n) is 0.953. The third kappa shape index (κ3) is 2.37. The number of hydrogen-bond acceptors (Lipinski definition) is 3. The zero-order valence-corrected chi connectivity index (χ0v) is 7.40. The molecule has 0 aliphatic heterocycles. The second-order valence-electron chi connectivity index (χ2n) is 2.52. The Bertz CT molecular complexity index is 319. The summed E-state index contributed by atoms with van der Waals surface area (Å²) in [6.07, 6.45) is -1.35. The van der Waals surface area contributed by atoms with Gasteiger partial charge in [-0.2, -0.15) is 0 Å². The van der Waals surface area contributed by atoms with Crippen LogP contribution in [0.3, 0.4) is 0 Å². The lowest BCUT2D eigenvalue weighted by atomic mass is 10.2. The lowest BCUT2D eigenvalue weighted by molar-refractivity contribution is 0.143. The molecule has 4 heteroatoms. The van der Waals surface area contributed by atoms with Crippen LogP contribution in [0.1, 0.15) is 5.56 Å². The number of hydrogen-bond donors (Lipinski definition) is 1. The number of benzene rings is 1. The summed E-state index contributed by atoms with van der Waals surface area (Å²) >= 11 is 0. The van der Waals surface area contributed by atoms with Crippen molar-refractivity contribution in [1.29, 1.82) is 0 Å². The topological polar surface area (TPSA) is 55.8 Å². The van der Waals surface area contributed by atoms with Crippen molar-refractivity contribution in [3.8, 4) is 11.5 Å². The van der Waals surface area contributed by atoms with Gasteiger partial charge in [-0.1, -0.05) is 6.07 Å². The molecule has 0 fully saturated rings. The summed E-state index contributed by atoms with van der Waals surface area (Å²) < 4.78 is 9.42. The summed E-state index contributed by atoms with van der Waals surface area (Å²) in [5, 5.41) is 8.38. The van der Waals surface area contributed by atoms with Crippen LogP contribution in [0.4, 0.5) is 4.79 Å². The second-order valence-corrected chi connectivity index (χ2v) is 2.52. The maximum Gasteiger partial charge on any atom is 0.511 e. The number of carbonyl (C=O) groups is 1. The number of carboxylic acid groups (broad SMARTS) is 1. The van der Waals surface area contributed by atoms with Crippen LogP contribution in [-0.2, 0) is 0 Å². The molecule has 0 amide bonds. The van der Waals surface area contributed by atoms with Gasteiger partial charge in [0.1, 0.15) is 0 Å². The van der Waals surface area contributed by atoms with E-state index in [9.17, 15) is 4.79 Å². The van der Waals surface area contributed by atoms with Crippen molar-refractivity contribution in [2.24, 2.45) is 0 Å². The molecule has 1 aromatic carbocycles. The largest absolute Gasteiger partial charge is 0.511 e. The Balaban J connectivity index is 2.99. The molecule has 0 unspecified atom stereocenters. The zero-order valence-electron chi connectivity index (χ0n) is 7.40. The van der Waals surface area contributed by atoms with Gasteiger partial charge < -0.3 is 14.6 Å². The molecule has 1 N–H and O–H groups in total. The van der Waals surface area contributed by atoms with Crippen LogP contribution in [0.25, 0.3) is 0 Å². The van der Waals surface area contributed by atoms with Gasteiger partial charge in [-0.25, -0.2) is 4.79 Å². The van der Waals surface area contributed by atoms with Crippen molar-refractivity contribution in [2.45, 2.75) is 6.92 Å². The van der Waals surface area contributed by atoms with Crippen molar-refractivity contribution in [1.82, 2.24) is 0 Å². The number of rotatable bonds is 2. The maximum atomic E-state index is 10.2. The van der Waals surface area contributed by atoms with E-state index < -0.39 is 6.16 Å². The third-order valence-electron chi connectivity index (χ3n) is 1.52. The summed E-state index contributed by atoms with van der Waals surface area (Å²) in [5.41, 5.74) is 0.981. The number of methoxy groups -OCH3 is 1. The van der Waals surface area contributed by atoms with E-state index >= 15 is 0 Å². The van der Waals surface area contributed by atoms with E-state index in [1.807, 2.05) is 6.92 Å². The number of ether oxygens (including phenoxy) is 2. The highest BCUT2D eigenvalue weighted by Gasteiger charge is 2.07. The number of aryl methyl sites for hydroxylation is 1. The molecule has 0 saturated carbocycles. The summed E-state index contributed by atoms with van der Waals surface area (Å²) in [7, 11) is 1.46. The van der Waals surface area contributed by atoms with E-state index in [0.717, 1.165) is 5.56 Å². The molecular formula is C9H10O4. The molecule has 70 valence electrons. The first kappa shape index (κ1) is 9.38. The molecule has 13 heavy (non-hydrogen) atoms. The van der Waals surface area contributed by atoms with E-state index in [-0.39, 0.29) is 5.75 Å². The smallest absolute Gasteiger partial charge is 0.493 e. The van der Waals surface area contributed by atoms with E-state index in [4.69, 9.17) is 9.84 Å². The fraction of sp³-hybridized carbons (Fsp3) is 0.222. The molecule has 4 nitrogen and oxygen atoms in total. The van der Waals surface area contributed by atoms with Gasteiger partial charge in [-0.3, -0.25) is 0 Å². The van der Waals surface area contributed by atoms with Crippen molar-refractivity contribution >= 4 is 6.16 Å². The average molecular weight is 182 g/mol. The van der Waals surface area contributed by atoms with Crippen molar-refractivity contribution in [3.63, 3.8) is 0 Å². The highest BCUT2D eigenvalue weighted by molar-refractivity contribution is 5.63. The molecule has 0 aliphatic rings. The van der Waals surface area contributed by atoms with Gasteiger partial charge in [-0.05, 0) is 24.6 Å². The summed E-state index contributed by atoms with van der Waals surface area (Å²) in [6.45, 7) is 1.88. The van der Waals surface area contributed by atoms with Gasteiger partial charge in [-0.15, -0.1) is 0 Å². The molecule has 0 aliphatic carbocycles. The molecule has 0 saturated heterocycles. The molecular weight excluding hydrogens is 172 g/mol. The van der Waals surface area contributed by atoms with E-state index in [1.54, 1.807) is 18.2 Å². The SMILES string of the molecule is COc1cc(C)ccc1OC(=O)O. The minimum atomic E-state index is -1.35. The van der Waals surface area contributed by atoms with E-state index in [0.29, 0.717) is 5.75 Å². The Labute approximate surface area is 75.7 Å². The molecule has 1 rings (SSSR count). The Hall–Kier alpha value is -1.71. The Morgan fingerprint density at radius 3 is 2.62 bits per heavy atom. The lowest BCUT2D eigenvalue weighted by Crippen LogP contribution is -2.04. The zero-order chi connectivity index (χ0) is 9.84.